The maximum atomic E-state index is 13.1. The van der Waals surface area contributed by atoms with Crippen LogP contribution in [0.1, 0.15) is 25.0 Å². The molecule has 1 N–H and O–H groups in total. The molecule has 0 saturated heterocycles. The number of likely N-dealkylation sites (N-methyl/N-ethyl adjacent to an activating group) is 1. The second kappa shape index (κ2) is 8.21. The zero-order valence-corrected chi connectivity index (χ0v) is 15.0. The van der Waals surface area contributed by atoms with Crippen molar-refractivity contribution in [3.8, 4) is 0 Å². The average Bonchev–Trinajstić information content (AvgIpc) is 2.57. The Hall–Kier alpha value is -2.27. The topological polar surface area (TPSA) is 21.3 Å². The van der Waals surface area contributed by atoms with Gasteiger partial charge in [-0.3, -0.25) is 0 Å². The third kappa shape index (κ3) is 5.10. The average molecular weight is 351 g/mol. The van der Waals surface area contributed by atoms with Gasteiger partial charge in [-0.1, -0.05) is 49.6 Å². The third-order valence-electron chi connectivity index (χ3n) is 4.01. The van der Waals surface area contributed by atoms with E-state index in [0.29, 0.717) is 5.57 Å². The number of ether oxygens (including phenoxy) is 1. The Balaban J connectivity index is 3.38. The van der Waals surface area contributed by atoms with E-state index in [0.717, 1.165) is 17.2 Å². The molecule has 0 unspecified atom stereocenters. The summed E-state index contributed by atoms with van der Waals surface area (Å²) in [5, 5.41) is 2.58. The van der Waals surface area contributed by atoms with E-state index in [2.05, 4.69) is 18.5 Å². The second-order valence-electron chi connectivity index (χ2n) is 5.87. The predicted molar refractivity (Wildman–Crippen MR) is 97.0 cm³/mol. The summed E-state index contributed by atoms with van der Waals surface area (Å²) in [5.41, 5.74) is 0.941. The maximum Gasteiger partial charge on any atom is 0.418 e. The van der Waals surface area contributed by atoms with Gasteiger partial charge in [0.1, 0.15) is 0 Å². The molecule has 1 rings (SSSR count). The Kier molecular flexibility index (Phi) is 6.82. The van der Waals surface area contributed by atoms with Crippen LogP contribution >= 0.6 is 0 Å². The summed E-state index contributed by atoms with van der Waals surface area (Å²) in [5.74, 6) is 0. The Morgan fingerprint density at radius 3 is 2.00 bits per heavy atom. The van der Waals surface area contributed by atoms with Crippen LogP contribution in [-0.2, 0) is 10.3 Å². The lowest BCUT2D eigenvalue weighted by Gasteiger charge is -2.23. The zero-order chi connectivity index (χ0) is 19.3. The molecule has 0 atom stereocenters. The Morgan fingerprint density at radius 1 is 1.08 bits per heavy atom. The molecule has 25 heavy (non-hydrogen) atoms. The van der Waals surface area contributed by atoms with Crippen molar-refractivity contribution in [3.05, 3.63) is 78.0 Å². The van der Waals surface area contributed by atoms with Gasteiger partial charge >= 0.3 is 6.18 Å². The van der Waals surface area contributed by atoms with Crippen LogP contribution in [0.4, 0.5) is 13.2 Å². The second-order valence-corrected chi connectivity index (χ2v) is 5.87. The molecule has 0 radical (unpaired) electrons. The molecular weight excluding hydrogens is 327 g/mol. The van der Waals surface area contributed by atoms with Crippen molar-refractivity contribution >= 4 is 5.57 Å². The lowest BCUT2D eigenvalue weighted by atomic mass is 9.94. The highest BCUT2D eigenvalue weighted by Crippen LogP contribution is 2.30. The van der Waals surface area contributed by atoms with Crippen molar-refractivity contribution in [1.29, 1.82) is 0 Å². The molecule has 1 aromatic rings. The van der Waals surface area contributed by atoms with Gasteiger partial charge in [0.15, 0.2) is 0 Å². The third-order valence-corrected chi connectivity index (χ3v) is 4.01. The Bertz CT molecular complexity index is 680. The van der Waals surface area contributed by atoms with E-state index in [1.165, 1.54) is 19.2 Å². The molecule has 0 bridgehead atoms. The number of alkyl halides is 3. The lowest BCUT2D eigenvalue weighted by molar-refractivity contribution is -0.0890. The summed E-state index contributed by atoms with van der Waals surface area (Å²) in [6.45, 7) is 10.8. The van der Waals surface area contributed by atoms with E-state index in [-0.39, 0.29) is 5.70 Å². The first-order valence-electron chi connectivity index (χ1n) is 7.72. The van der Waals surface area contributed by atoms with E-state index >= 15 is 0 Å². The Labute approximate surface area is 147 Å². The van der Waals surface area contributed by atoms with Crippen LogP contribution in [0.3, 0.4) is 0 Å². The van der Waals surface area contributed by atoms with Gasteiger partial charge in [-0.05, 0) is 36.6 Å². The summed E-state index contributed by atoms with van der Waals surface area (Å²) < 4.78 is 44.7. The first kappa shape index (κ1) is 20.8. The number of allylic oxidation sites excluding steroid dienone is 5. The minimum Gasteiger partial charge on any atom is -0.388 e. The molecule has 5 heteroatoms. The van der Waals surface area contributed by atoms with Crippen molar-refractivity contribution < 1.29 is 17.9 Å². The highest BCUT2D eigenvalue weighted by atomic mass is 19.4. The largest absolute Gasteiger partial charge is 0.418 e. The quantitative estimate of drug-likeness (QED) is 0.668. The highest BCUT2D eigenvalue weighted by Gasteiger charge is 2.33. The van der Waals surface area contributed by atoms with Gasteiger partial charge in [-0.15, -0.1) is 0 Å². The van der Waals surface area contributed by atoms with Crippen molar-refractivity contribution in [2.45, 2.75) is 25.6 Å². The van der Waals surface area contributed by atoms with Gasteiger partial charge in [0.25, 0.3) is 0 Å². The van der Waals surface area contributed by atoms with E-state index < -0.39 is 17.4 Å². The van der Waals surface area contributed by atoms with Crippen LogP contribution in [0.5, 0.6) is 0 Å². The fraction of sp³-hybridized carbons (Fsp3) is 0.300. The van der Waals surface area contributed by atoms with Gasteiger partial charge in [-0.25, -0.2) is 0 Å². The molecule has 2 nitrogen and oxygen atoms in total. The van der Waals surface area contributed by atoms with Gasteiger partial charge in [-0.2, -0.15) is 13.2 Å². The number of methoxy groups -OCH3 is 1. The molecule has 0 heterocycles. The highest BCUT2D eigenvalue weighted by molar-refractivity contribution is 5.76. The molecule has 0 spiro atoms. The molecule has 0 aliphatic rings. The molecule has 0 aliphatic carbocycles. The first-order chi connectivity index (χ1) is 11.6. The van der Waals surface area contributed by atoms with E-state index in [1.54, 1.807) is 7.11 Å². The van der Waals surface area contributed by atoms with E-state index in [1.807, 2.05) is 38.1 Å². The molecule has 1 aromatic carbocycles. The van der Waals surface area contributed by atoms with Gasteiger partial charge in [0.2, 0.25) is 0 Å². The van der Waals surface area contributed by atoms with Crippen LogP contribution in [0.15, 0.2) is 66.9 Å². The van der Waals surface area contributed by atoms with Crippen molar-refractivity contribution in [1.82, 2.24) is 5.32 Å². The smallest absolute Gasteiger partial charge is 0.388 e. The monoisotopic (exact) mass is 351 g/mol. The lowest BCUT2D eigenvalue weighted by Crippen LogP contribution is -2.19. The van der Waals surface area contributed by atoms with Crippen LogP contribution in [-0.4, -0.2) is 20.3 Å². The summed E-state index contributed by atoms with van der Waals surface area (Å²) in [4.78, 5) is 0. The zero-order valence-electron chi connectivity index (χ0n) is 15.0. The summed E-state index contributed by atoms with van der Waals surface area (Å²) >= 11 is 0. The minimum atomic E-state index is -4.49. The molecular formula is C20H24F3NO. The van der Waals surface area contributed by atoms with Gasteiger partial charge in [0, 0.05) is 19.9 Å². The molecule has 0 saturated carbocycles. The van der Waals surface area contributed by atoms with Crippen LogP contribution in [0.25, 0.3) is 5.57 Å². The normalized spacial score (nSPS) is 14.0. The van der Waals surface area contributed by atoms with Crippen LogP contribution in [0, 0.1) is 0 Å². The predicted octanol–water partition coefficient (Wildman–Crippen LogP) is 5.36. The fourth-order valence-corrected chi connectivity index (χ4v) is 2.26. The molecule has 0 aromatic heterocycles. The minimum absolute atomic E-state index is 0.0707. The number of nitrogens with one attached hydrogen (secondary N) is 1. The first-order valence-corrected chi connectivity index (χ1v) is 7.72. The molecule has 0 aliphatic heterocycles. The number of rotatable bonds is 7. The molecule has 0 amide bonds. The molecule has 136 valence electrons. The van der Waals surface area contributed by atoms with Gasteiger partial charge < -0.3 is 10.1 Å². The van der Waals surface area contributed by atoms with Crippen LogP contribution in [0.2, 0.25) is 0 Å². The Morgan fingerprint density at radius 2 is 1.64 bits per heavy atom. The standard InChI is InChI=1S/C20H24F3NO/c1-7-14(13-18(24-5)17(8-2)20(21,22)23)15-9-11-16(12-10-15)19(3,4)25-6/h7-13,24H,1-2H2,3-6H3/b14-13+,18-17+. The van der Waals surface area contributed by atoms with Crippen molar-refractivity contribution in [3.63, 3.8) is 0 Å². The van der Waals surface area contributed by atoms with Crippen molar-refractivity contribution in [2.24, 2.45) is 0 Å². The van der Waals surface area contributed by atoms with E-state index in [4.69, 9.17) is 4.74 Å². The number of benzene rings is 1. The summed E-state index contributed by atoms with van der Waals surface area (Å²) in [7, 11) is 3.06. The van der Waals surface area contributed by atoms with E-state index in [9.17, 15) is 13.2 Å². The van der Waals surface area contributed by atoms with Crippen molar-refractivity contribution in [2.75, 3.05) is 14.2 Å². The summed E-state index contributed by atoms with van der Waals surface area (Å²) in [6.07, 6.45) is -0.763. The maximum absolute atomic E-state index is 13.1. The molecule has 0 fully saturated rings. The fourth-order valence-electron chi connectivity index (χ4n) is 2.26. The summed E-state index contributed by atoms with van der Waals surface area (Å²) in [6, 6.07) is 7.43. The van der Waals surface area contributed by atoms with Gasteiger partial charge in [0.05, 0.1) is 11.2 Å². The number of hydrogen-bond acceptors (Lipinski definition) is 2. The SMILES string of the molecule is C=C/C(=C\C(NC)=C(\C=C)C(F)(F)F)c1ccc(C(C)(C)OC)cc1. The number of halogens is 3. The number of hydrogen-bond donors (Lipinski definition) is 1. The van der Waals surface area contributed by atoms with Crippen LogP contribution < -0.4 is 5.32 Å².